The van der Waals surface area contributed by atoms with Gasteiger partial charge in [0.05, 0.1) is 0 Å². The number of hydrogen-bond acceptors (Lipinski definition) is 0. The summed E-state index contributed by atoms with van der Waals surface area (Å²) in [5.41, 5.74) is 0.589. The standard InChI is InChI=1S/C12H17Br3/c1-2-9-3-10(13)6-11(14,4-9)8-12(15,5-9)7-10/h2-8H2,1H3. The first-order valence-electron chi connectivity index (χ1n) is 5.87. The lowest BCUT2D eigenvalue weighted by Crippen LogP contribution is -2.63. The van der Waals surface area contributed by atoms with E-state index < -0.39 is 0 Å². The molecule has 0 atom stereocenters. The van der Waals surface area contributed by atoms with Crippen LogP contribution in [-0.2, 0) is 0 Å². The first kappa shape index (κ1) is 11.5. The van der Waals surface area contributed by atoms with Gasteiger partial charge < -0.3 is 0 Å². The summed E-state index contributed by atoms with van der Waals surface area (Å²) in [5, 5.41) is 0. The zero-order chi connectivity index (χ0) is 10.9. The molecule has 4 fully saturated rings. The fraction of sp³-hybridized carbons (Fsp3) is 1.00. The van der Waals surface area contributed by atoms with Crippen LogP contribution in [0.15, 0.2) is 0 Å². The smallest absolute Gasteiger partial charge is 0.0290 e. The lowest BCUT2D eigenvalue weighted by atomic mass is 9.48. The minimum atomic E-state index is 0.408. The molecule has 0 aromatic carbocycles. The van der Waals surface area contributed by atoms with Gasteiger partial charge in [-0.1, -0.05) is 61.1 Å². The van der Waals surface area contributed by atoms with Crippen LogP contribution >= 0.6 is 47.8 Å². The predicted molar refractivity (Wildman–Crippen MR) is 75.4 cm³/mol. The molecule has 4 aliphatic carbocycles. The molecule has 0 aromatic rings. The molecule has 0 spiro atoms. The van der Waals surface area contributed by atoms with Crippen molar-refractivity contribution in [1.29, 1.82) is 0 Å². The number of alkyl halides is 3. The van der Waals surface area contributed by atoms with E-state index in [4.69, 9.17) is 0 Å². The summed E-state index contributed by atoms with van der Waals surface area (Å²) in [5.74, 6) is 0. The van der Waals surface area contributed by atoms with Crippen LogP contribution in [0.2, 0.25) is 0 Å². The molecule has 0 aromatic heterocycles. The second-order valence-electron chi connectivity index (χ2n) is 6.37. The van der Waals surface area contributed by atoms with Crippen LogP contribution < -0.4 is 0 Å². The summed E-state index contributed by atoms with van der Waals surface area (Å²) in [6.07, 6.45) is 9.44. The fourth-order valence-corrected chi connectivity index (χ4v) is 11.0. The molecule has 0 N–H and O–H groups in total. The summed E-state index contributed by atoms with van der Waals surface area (Å²) in [6, 6.07) is 0. The predicted octanol–water partition coefficient (Wildman–Crippen LogP) is 5.17. The molecule has 3 heteroatoms. The summed E-state index contributed by atoms with van der Waals surface area (Å²) >= 11 is 12.1. The Bertz CT molecular complexity index is 258. The third-order valence-electron chi connectivity index (χ3n) is 4.73. The van der Waals surface area contributed by atoms with E-state index in [1.165, 1.54) is 44.9 Å². The second-order valence-corrected chi connectivity index (χ2v) is 11.4. The van der Waals surface area contributed by atoms with Crippen molar-refractivity contribution in [3.05, 3.63) is 0 Å². The molecule has 0 amide bonds. The minimum absolute atomic E-state index is 0.408. The molecule has 4 aliphatic rings. The van der Waals surface area contributed by atoms with Crippen LogP contribution in [0.1, 0.15) is 51.9 Å². The van der Waals surface area contributed by atoms with E-state index in [0.29, 0.717) is 18.4 Å². The van der Waals surface area contributed by atoms with Crippen LogP contribution in [0.25, 0.3) is 0 Å². The van der Waals surface area contributed by atoms with E-state index >= 15 is 0 Å². The number of hydrogen-bond donors (Lipinski definition) is 0. The Labute approximate surface area is 117 Å². The number of rotatable bonds is 1. The lowest BCUT2D eigenvalue weighted by molar-refractivity contribution is -0.000706. The zero-order valence-electron chi connectivity index (χ0n) is 9.08. The van der Waals surface area contributed by atoms with Crippen molar-refractivity contribution in [2.24, 2.45) is 5.41 Å². The van der Waals surface area contributed by atoms with Gasteiger partial charge >= 0.3 is 0 Å². The first-order chi connectivity index (χ1) is 6.80. The zero-order valence-corrected chi connectivity index (χ0v) is 13.8. The molecule has 4 bridgehead atoms. The maximum Gasteiger partial charge on any atom is 0.0290 e. The SMILES string of the molecule is CCC12CC3(Br)CC(Br)(CC(Br)(C3)C1)C2. The van der Waals surface area contributed by atoms with Crippen molar-refractivity contribution < 1.29 is 0 Å². The topological polar surface area (TPSA) is 0 Å². The van der Waals surface area contributed by atoms with Gasteiger partial charge in [-0.05, 0) is 43.9 Å². The molecule has 0 aliphatic heterocycles. The minimum Gasteiger partial charge on any atom is -0.0852 e. The maximum absolute atomic E-state index is 4.04. The Morgan fingerprint density at radius 3 is 1.33 bits per heavy atom. The molecule has 0 nitrogen and oxygen atoms in total. The summed E-state index contributed by atoms with van der Waals surface area (Å²) in [6.45, 7) is 2.37. The van der Waals surface area contributed by atoms with Crippen molar-refractivity contribution in [3.8, 4) is 0 Å². The summed E-state index contributed by atoms with van der Waals surface area (Å²) in [7, 11) is 0. The Morgan fingerprint density at radius 1 is 0.733 bits per heavy atom. The molecule has 15 heavy (non-hydrogen) atoms. The highest BCUT2D eigenvalue weighted by Crippen LogP contribution is 2.72. The van der Waals surface area contributed by atoms with E-state index in [2.05, 4.69) is 54.7 Å². The van der Waals surface area contributed by atoms with E-state index in [9.17, 15) is 0 Å². The van der Waals surface area contributed by atoms with Gasteiger partial charge in [-0.2, -0.15) is 0 Å². The first-order valence-corrected chi connectivity index (χ1v) is 8.25. The molecule has 0 saturated heterocycles. The quantitative estimate of drug-likeness (QED) is 0.533. The van der Waals surface area contributed by atoms with Gasteiger partial charge in [0.15, 0.2) is 0 Å². The Morgan fingerprint density at radius 2 is 1.07 bits per heavy atom. The highest BCUT2D eigenvalue weighted by molar-refractivity contribution is 9.11. The van der Waals surface area contributed by atoms with Crippen molar-refractivity contribution in [1.82, 2.24) is 0 Å². The molecule has 0 unspecified atom stereocenters. The molecular weight excluding hydrogens is 384 g/mol. The van der Waals surface area contributed by atoms with Gasteiger partial charge in [0.25, 0.3) is 0 Å². The number of halogens is 3. The van der Waals surface area contributed by atoms with Crippen LogP contribution in [0.4, 0.5) is 0 Å². The van der Waals surface area contributed by atoms with Crippen LogP contribution in [-0.4, -0.2) is 13.0 Å². The average molecular weight is 401 g/mol. The highest BCUT2D eigenvalue weighted by atomic mass is 79.9. The summed E-state index contributed by atoms with van der Waals surface area (Å²) < 4.78 is 1.22. The van der Waals surface area contributed by atoms with Crippen LogP contribution in [0.3, 0.4) is 0 Å². The van der Waals surface area contributed by atoms with Crippen molar-refractivity contribution in [3.63, 3.8) is 0 Å². The fourth-order valence-electron chi connectivity index (χ4n) is 4.84. The van der Waals surface area contributed by atoms with Crippen molar-refractivity contribution >= 4 is 47.8 Å². The molecule has 0 heterocycles. The second kappa shape index (κ2) is 3.06. The van der Waals surface area contributed by atoms with E-state index in [1.807, 2.05) is 0 Å². The van der Waals surface area contributed by atoms with E-state index in [1.54, 1.807) is 0 Å². The Kier molecular flexibility index (Phi) is 2.35. The van der Waals surface area contributed by atoms with Gasteiger partial charge in [-0.25, -0.2) is 0 Å². The average Bonchev–Trinajstić information content (AvgIpc) is 1.94. The largest absolute Gasteiger partial charge is 0.0852 e. The normalized spacial score (nSPS) is 62.4. The maximum atomic E-state index is 4.04. The van der Waals surface area contributed by atoms with Crippen molar-refractivity contribution in [2.45, 2.75) is 64.8 Å². The molecule has 0 radical (unpaired) electrons. The van der Waals surface area contributed by atoms with Gasteiger partial charge in [0.2, 0.25) is 0 Å². The Hall–Kier alpha value is 1.44. The lowest BCUT2D eigenvalue weighted by Gasteiger charge is -2.66. The summed E-state index contributed by atoms with van der Waals surface area (Å²) in [4.78, 5) is 0. The van der Waals surface area contributed by atoms with Gasteiger partial charge in [-0.15, -0.1) is 0 Å². The van der Waals surface area contributed by atoms with Crippen LogP contribution in [0, 0.1) is 5.41 Å². The Balaban J connectivity index is 2.06. The molecule has 86 valence electrons. The molecule has 4 rings (SSSR count). The van der Waals surface area contributed by atoms with Gasteiger partial charge in [0, 0.05) is 13.0 Å². The van der Waals surface area contributed by atoms with Gasteiger partial charge in [-0.3, -0.25) is 0 Å². The van der Waals surface area contributed by atoms with Crippen molar-refractivity contribution in [2.75, 3.05) is 0 Å². The van der Waals surface area contributed by atoms with Gasteiger partial charge in [0.1, 0.15) is 0 Å². The van der Waals surface area contributed by atoms with E-state index in [0.717, 1.165) is 0 Å². The third kappa shape index (κ3) is 1.71. The monoisotopic (exact) mass is 398 g/mol. The van der Waals surface area contributed by atoms with Crippen LogP contribution in [0.5, 0.6) is 0 Å². The highest BCUT2D eigenvalue weighted by Gasteiger charge is 2.65. The molecular formula is C12H17Br3. The van der Waals surface area contributed by atoms with E-state index in [-0.39, 0.29) is 0 Å². The third-order valence-corrected chi connectivity index (χ3v) is 7.25. The molecule has 4 saturated carbocycles.